The molecule has 0 saturated heterocycles. The number of nitrogens with zero attached hydrogens (tertiary/aromatic N) is 1. The standard InChI is InChI=1S/C15H17ClN2O/c1-2-17-9-12-7-8-15(18-10-12)19-11-13-5-3-4-6-14(13)16/h3-8,10,17H,2,9,11H2,1H3. The van der Waals surface area contributed by atoms with Crippen molar-refractivity contribution in [2.45, 2.75) is 20.1 Å². The highest BCUT2D eigenvalue weighted by molar-refractivity contribution is 6.31. The molecule has 3 nitrogen and oxygen atoms in total. The number of pyridine rings is 1. The molecule has 19 heavy (non-hydrogen) atoms. The van der Waals surface area contributed by atoms with Gasteiger partial charge in [0.15, 0.2) is 0 Å². The number of hydrogen-bond donors (Lipinski definition) is 1. The van der Waals surface area contributed by atoms with Crippen molar-refractivity contribution in [2.75, 3.05) is 6.54 Å². The maximum Gasteiger partial charge on any atom is 0.213 e. The Labute approximate surface area is 118 Å². The Morgan fingerprint density at radius 2 is 2.05 bits per heavy atom. The predicted octanol–water partition coefficient (Wildman–Crippen LogP) is 3.42. The van der Waals surface area contributed by atoms with E-state index in [1.165, 1.54) is 0 Å². The number of aromatic nitrogens is 1. The number of nitrogens with one attached hydrogen (secondary N) is 1. The number of benzene rings is 1. The second kappa shape index (κ2) is 7.12. The highest BCUT2D eigenvalue weighted by Crippen LogP contribution is 2.17. The van der Waals surface area contributed by atoms with Gasteiger partial charge in [-0.25, -0.2) is 4.98 Å². The summed E-state index contributed by atoms with van der Waals surface area (Å²) in [5.41, 5.74) is 2.11. The molecular weight excluding hydrogens is 260 g/mol. The van der Waals surface area contributed by atoms with Crippen molar-refractivity contribution in [2.24, 2.45) is 0 Å². The average molecular weight is 277 g/mol. The molecule has 4 heteroatoms. The van der Waals surface area contributed by atoms with Gasteiger partial charge in [0.2, 0.25) is 5.88 Å². The van der Waals surface area contributed by atoms with E-state index < -0.39 is 0 Å². The third kappa shape index (κ3) is 4.23. The predicted molar refractivity (Wildman–Crippen MR) is 77.4 cm³/mol. The van der Waals surface area contributed by atoms with E-state index in [0.717, 1.165) is 24.2 Å². The summed E-state index contributed by atoms with van der Waals surface area (Å²) in [7, 11) is 0. The lowest BCUT2D eigenvalue weighted by molar-refractivity contribution is 0.294. The van der Waals surface area contributed by atoms with Crippen molar-refractivity contribution in [3.05, 3.63) is 58.7 Å². The van der Waals surface area contributed by atoms with E-state index in [1.807, 2.05) is 42.6 Å². The Morgan fingerprint density at radius 3 is 2.74 bits per heavy atom. The van der Waals surface area contributed by atoms with E-state index in [9.17, 15) is 0 Å². The molecule has 1 N–H and O–H groups in total. The Hall–Kier alpha value is -1.58. The summed E-state index contributed by atoms with van der Waals surface area (Å²) in [5.74, 6) is 0.611. The molecule has 0 bridgehead atoms. The molecule has 0 aliphatic carbocycles. The first-order valence-corrected chi connectivity index (χ1v) is 6.69. The van der Waals surface area contributed by atoms with Crippen LogP contribution in [0.4, 0.5) is 0 Å². The number of halogens is 1. The highest BCUT2D eigenvalue weighted by Gasteiger charge is 2.01. The Balaban J connectivity index is 1.91. The molecule has 0 fully saturated rings. The van der Waals surface area contributed by atoms with Gasteiger partial charge in [-0.1, -0.05) is 42.8 Å². The van der Waals surface area contributed by atoms with Crippen LogP contribution in [0.25, 0.3) is 0 Å². The lowest BCUT2D eigenvalue weighted by Crippen LogP contribution is -2.11. The molecule has 1 heterocycles. The molecule has 0 radical (unpaired) electrons. The molecule has 0 unspecified atom stereocenters. The normalized spacial score (nSPS) is 10.4. The minimum absolute atomic E-state index is 0.430. The SMILES string of the molecule is CCNCc1ccc(OCc2ccccc2Cl)nc1. The Kier molecular flexibility index (Phi) is 5.19. The van der Waals surface area contributed by atoms with Crippen LogP contribution in [0.5, 0.6) is 5.88 Å². The Bertz CT molecular complexity index is 514. The average Bonchev–Trinajstić information content (AvgIpc) is 2.45. The molecule has 0 spiro atoms. The third-order valence-corrected chi connectivity index (χ3v) is 3.08. The zero-order valence-electron chi connectivity index (χ0n) is 10.9. The van der Waals surface area contributed by atoms with Crippen LogP contribution in [0.3, 0.4) is 0 Å². The van der Waals surface area contributed by atoms with Gasteiger partial charge in [-0.15, -0.1) is 0 Å². The van der Waals surface area contributed by atoms with E-state index in [-0.39, 0.29) is 0 Å². The van der Waals surface area contributed by atoms with Crippen molar-refractivity contribution >= 4 is 11.6 Å². The molecule has 0 atom stereocenters. The van der Waals surface area contributed by atoms with Gasteiger partial charge in [-0.05, 0) is 18.2 Å². The smallest absolute Gasteiger partial charge is 0.213 e. The van der Waals surface area contributed by atoms with Crippen LogP contribution < -0.4 is 10.1 Å². The fraction of sp³-hybridized carbons (Fsp3) is 0.267. The van der Waals surface area contributed by atoms with Gasteiger partial charge in [0.1, 0.15) is 6.61 Å². The minimum Gasteiger partial charge on any atom is -0.473 e. The summed E-state index contributed by atoms with van der Waals surface area (Å²) in [5, 5.41) is 3.97. The largest absolute Gasteiger partial charge is 0.473 e. The zero-order valence-corrected chi connectivity index (χ0v) is 11.7. The van der Waals surface area contributed by atoms with Gasteiger partial charge in [-0.2, -0.15) is 0 Å². The molecular formula is C15H17ClN2O. The quantitative estimate of drug-likeness (QED) is 0.878. The first kappa shape index (κ1) is 13.8. The van der Waals surface area contributed by atoms with Crippen molar-refractivity contribution in [3.63, 3.8) is 0 Å². The fourth-order valence-corrected chi connectivity index (χ4v) is 1.83. The lowest BCUT2D eigenvalue weighted by Gasteiger charge is -2.07. The first-order valence-electron chi connectivity index (χ1n) is 6.31. The minimum atomic E-state index is 0.430. The van der Waals surface area contributed by atoms with E-state index in [0.29, 0.717) is 17.5 Å². The summed E-state index contributed by atoms with van der Waals surface area (Å²) in [4.78, 5) is 4.27. The van der Waals surface area contributed by atoms with Gasteiger partial charge in [0, 0.05) is 29.4 Å². The number of rotatable bonds is 6. The lowest BCUT2D eigenvalue weighted by atomic mass is 10.2. The van der Waals surface area contributed by atoms with Crippen LogP contribution in [0, 0.1) is 0 Å². The van der Waals surface area contributed by atoms with Crippen LogP contribution in [-0.4, -0.2) is 11.5 Å². The monoisotopic (exact) mass is 276 g/mol. The second-order valence-corrected chi connectivity index (χ2v) is 4.57. The second-order valence-electron chi connectivity index (χ2n) is 4.17. The highest BCUT2D eigenvalue weighted by atomic mass is 35.5. The molecule has 0 aliphatic heterocycles. The van der Waals surface area contributed by atoms with Crippen molar-refractivity contribution in [1.29, 1.82) is 0 Å². The van der Waals surface area contributed by atoms with Crippen LogP contribution in [0.15, 0.2) is 42.6 Å². The van der Waals surface area contributed by atoms with Crippen LogP contribution in [-0.2, 0) is 13.2 Å². The zero-order chi connectivity index (χ0) is 13.5. The van der Waals surface area contributed by atoms with E-state index in [1.54, 1.807) is 0 Å². The molecule has 1 aromatic carbocycles. The molecule has 0 amide bonds. The topological polar surface area (TPSA) is 34.1 Å². The van der Waals surface area contributed by atoms with Gasteiger partial charge in [0.25, 0.3) is 0 Å². The summed E-state index contributed by atoms with van der Waals surface area (Å²) in [6, 6.07) is 11.5. The van der Waals surface area contributed by atoms with Gasteiger partial charge in [0.05, 0.1) is 0 Å². The van der Waals surface area contributed by atoms with E-state index in [2.05, 4.69) is 17.2 Å². The van der Waals surface area contributed by atoms with Crippen LogP contribution in [0.2, 0.25) is 5.02 Å². The first-order chi connectivity index (χ1) is 9.29. The van der Waals surface area contributed by atoms with Gasteiger partial charge in [-0.3, -0.25) is 0 Å². The fourth-order valence-electron chi connectivity index (χ4n) is 1.64. The molecule has 0 aliphatic rings. The summed E-state index contributed by atoms with van der Waals surface area (Å²) in [6.45, 7) is 4.28. The summed E-state index contributed by atoms with van der Waals surface area (Å²) >= 11 is 6.06. The molecule has 2 rings (SSSR count). The van der Waals surface area contributed by atoms with Crippen LogP contribution in [0.1, 0.15) is 18.1 Å². The maximum absolute atomic E-state index is 6.06. The molecule has 100 valence electrons. The third-order valence-electron chi connectivity index (χ3n) is 2.71. The maximum atomic E-state index is 6.06. The number of ether oxygens (including phenoxy) is 1. The Morgan fingerprint density at radius 1 is 1.21 bits per heavy atom. The molecule has 1 aromatic heterocycles. The van der Waals surface area contributed by atoms with Crippen molar-refractivity contribution in [1.82, 2.24) is 10.3 Å². The molecule has 0 saturated carbocycles. The number of hydrogen-bond acceptors (Lipinski definition) is 3. The van der Waals surface area contributed by atoms with E-state index >= 15 is 0 Å². The van der Waals surface area contributed by atoms with Crippen molar-refractivity contribution in [3.8, 4) is 5.88 Å². The van der Waals surface area contributed by atoms with E-state index in [4.69, 9.17) is 16.3 Å². The summed E-state index contributed by atoms with van der Waals surface area (Å²) < 4.78 is 5.62. The molecule has 2 aromatic rings. The van der Waals surface area contributed by atoms with Gasteiger partial charge >= 0.3 is 0 Å². The van der Waals surface area contributed by atoms with Crippen molar-refractivity contribution < 1.29 is 4.74 Å². The summed E-state index contributed by atoms with van der Waals surface area (Å²) in [6.07, 6.45) is 1.82. The van der Waals surface area contributed by atoms with Crippen LogP contribution >= 0.6 is 11.6 Å². The van der Waals surface area contributed by atoms with Gasteiger partial charge < -0.3 is 10.1 Å².